The highest BCUT2D eigenvalue weighted by atomic mass is 15.2. The number of nitrogens with zero attached hydrogens (tertiary/aromatic N) is 6. The summed E-state index contributed by atoms with van der Waals surface area (Å²) >= 11 is 0. The molecule has 3 aromatic heterocycles. The lowest BCUT2D eigenvalue weighted by molar-refractivity contribution is 0.598. The van der Waals surface area contributed by atoms with E-state index in [1.54, 1.807) is 0 Å². The molecule has 3 aliphatic carbocycles. The minimum Gasteiger partial charge on any atom is -0.314 e. The van der Waals surface area contributed by atoms with Crippen LogP contribution in [0.3, 0.4) is 0 Å². The van der Waals surface area contributed by atoms with E-state index in [9.17, 15) is 0 Å². The molecule has 6 heteroatoms. The van der Waals surface area contributed by atoms with Crippen LogP contribution in [-0.2, 0) is 35.5 Å². The molecule has 0 radical (unpaired) electrons. The van der Waals surface area contributed by atoms with Crippen LogP contribution in [0.25, 0.3) is 99.1 Å². The van der Waals surface area contributed by atoms with Crippen LogP contribution in [0.15, 0.2) is 383 Å². The number of pyridine rings is 3. The minimum absolute atomic E-state index is 0.606. The number of aromatic nitrogens is 3. The van der Waals surface area contributed by atoms with Crippen molar-refractivity contribution in [2.24, 2.45) is 0 Å². The summed E-state index contributed by atoms with van der Waals surface area (Å²) in [5, 5.41) is 6.79. The summed E-state index contributed by atoms with van der Waals surface area (Å²) in [6.45, 7) is 9.15. The van der Waals surface area contributed by atoms with E-state index < -0.39 is 16.2 Å². The van der Waals surface area contributed by atoms with Gasteiger partial charge in [-0.25, -0.2) is 0 Å². The van der Waals surface area contributed by atoms with Gasteiger partial charge in [0, 0.05) is 82.5 Å². The summed E-state index contributed by atoms with van der Waals surface area (Å²) in [7, 11) is 0. The van der Waals surface area contributed by atoms with E-state index >= 15 is 0 Å². The van der Waals surface area contributed by atoms with E-state index in [2.05, 4.69) is 401 Å². The van der Waals surface area contributed by atoms with Crippen molar-refractivity contribution in [3.8, 4) is 66.8 Å². The predicted molar refractivity (Wildman–Crippen MR) is 528 cm³/mol. The average molecular weight is 1630 g/mol. The maximum atomic E-state index is 4.92. The number of para-hydroxylation sites is 5. The van der Waals surface area contributed by atoms with Gasteiger partial charge in [-0.05, 0) is 315 Å². The summed E-state index contributed by atoms with van der Waals surface area (Å²) in [6, 6.07) is 127. The van der Waals surface area contributed by atoms with Crippen LogP contribution in [0.4, 0.5) is 45.5 Å². The van der Waals surface area contributed by atoms with Crippen LogP contribution < -0.4 is 14.7 Å². The van der Waals surface area contributed by atoms with Crippen LogP contribution >= 0.6 is 0 Å². The van der Waals surface area contributed by atoms with Crippen molar-refractivity contribution in [2.45, 2.75) is 115 Å². The van der Waals surface area contributed by atoms with Gasteiger partial charge < -0.3 is 14.7 Å². The Labute approximate surface area is 744 Å². The Morgan fingerprint density at radius 1 is 0.299 bits per heavy atom. The van der Waals surface area contributed by atoms with Gasteiger partial charge in [0.15, 0.2) is 0 Å². The number of hydrogen-bond acceptors (Lipinski definition) is 6. The Balaban J connectivity index is 0.930. The zero-order valence-electron chi connectivity index (χ0n) is 72.3. The number of rotatable bonds is 17. The predicted octanol–water partition coefficient (Wildman–Crippen LogP) is 31.4. The molecule has 18 aromatic rings. The Morgan fingerprint density at radius 3 is 1.02 bits per heavy atom. The number of anilines is 8. The van der Waals surface area contributed by atoms with Crippen molar-refractivity contribution in [3.05, 3.63) is 461 Å². The fourth-order valence-electron chi connectivity index (χ4n) is 23.6. The summed E-state index contributed by atoms with van der Waals surface area (Å²) in [5.41, 5.74) is 39.6. The van der Waals surface area contributed by atoms with Gasteiger partial charge >= 0.3 is 0 Å². The molecule has 610 valence electrons. The maximum absolute atomic E-state index is 4.92. The van der Waals surface area contributed by atoms with Crippen LogP contribution in [0.1, 0.15) is 157 Å². The molecule has 0 unspecified atom stereocenters. The van der Waals surface area contributed by atoms with Gasteiger partial charge in [0.1, 0.15) is 0 Å². The number of allylic oxidation sites excluding steroid dienone is 4. The van der Waals surface area contributed by atoms with Crippen molar-refractivity contribution >= 4 is 77.8 Å². The first-order valence-corrected chi connectivity index (χ1v) is 46.1. The summed E-state index contributed by atoms with van der Waals surface area (Å²) in [4.78, 5) is 22.6. The number of aryl methyl sites for hydroxylation is 3. The average Bonchev–Trinajstić information content (AvgIpc) is 1.45. The lowest BCUT2D eigenvalue weighted by atomic mass is 9.59. The van der Waals surface area contributed by atoms with E-state index in [0.717, 1.165) is 175 Å². The third-order valence-electron chi connectivity index (χ3n) is 29.0. The zero-order valence-corrected chi connectivity index (χ0v) is 72.3. The second-order valence-electron chi connectivity index (χ2n) is 35.7. The number of hydrogen-bond donors (Lipinski definition) is 0. The largest absolute Gasteiger partial charge is 0.314 e. The van der Waals surface area contributed by atoms with E-state index in [-0.39, 0.29) is 0 Å². The zero-order chi connectivity index (χ0) is 84.6. The molecular weight excluding hydrogens is 1540 g/mol. The molecule has 0 fully saturated rings. The smallest absolute Gasteiger partial charge is 0.0760 e. The second-order valence-corrected chi connectivity index (χ2v) is 35.7. The third-order valence-corrected chi connectivity index (χ3v) is 29.0. The molecule has 3 spiro atoms. The normalized spacial score (nSPS) is 15.6. The van der Waals surface area contributed by atoms with Gasteiger partial charge in [-0.15, -0.1) is 0 Å². The molecule has 6 aliphatic rings. The Morgan fingerprint density at radius 2 is 0.638 bits per heavy atom. The quantitative estimate of drug-likeness (QED) is 0.0905. The highest BCUT2D eigenvalue weighted by Gasteiger charge is 2.64. The molecule has 6 nitrogen and oxygen atoms in total. The number of fused-ring (bicyclic) bond motifs is 31. The molecule has 3 aliphatic heterocycles. The van der Waals surface area contributed by atoms with E-state index in [1.165, 1.54) is 117 Å². The van der Waals surface area contributed by atoms with Crippen molar-refractivity contribution in [1.29, 1.82) is 0 Å². The summed E-state index contributed by atoms with van der Waals surface area (Å²) < 4.78 is 0. The van der Waals surface area contributed by atoms with Crippen LogP contribution in [0.2, 0.25) is 0 Å². The summed E-state index contributed by atoms with van der Waals surface area (Å²) in [5.74, 6) is 0. The van der Waals surface area contributed by atoms with Gasteiger partial charge in [0.2, 0.25) is 0 Å². The Kier molecular flexibility index (Phi) is 18.2. The van der Waals surface area contributed by atoms with Crippen molar-refractivity contribution in [2.75, 3.05) is 14.7 Å². The number of benzene rings is 15. The van der Waals surface area contributed by atoms with Crippen LogP contribution in [-0.4, -0.2) is 15.0 Å². The highest BCUT2D eigenvalue weighted by Crippen LogP contribution is 2.77. The molecule has 0 bridgehead atoms. The van der Waals surface area contributed by atoms with Gasteiger partial charge in [-0.1, -0.05) is 277 Å². The summed E-state index contributed by atoms with van der Waals surface area (Å²) in [6.07, 6.45) is 30.6. The molecule has 0 amide bonds. The molecule has 0 saturated heterocycles. The van der Waals surface area contributed by atoms with Crippen molar-refractivity contribution < 1.29 is 0 Å². The van der Waals surface area contributed by atoms with Crippen LogP contribution in [0, 0.1) is 0 Å². The van der Waals surface area contributed by atoms with E-state index in [4.69, 9.17) is 15.0 Å². The van der Waals surface area contributed by atoms with Crippen molar-refractivity contribution in [1.82, 2.24) is 15.0 Å². The monoisotopic (exact) mass is 1630 g/mol. The molecule has 127 heavy (non-hydrogen) atoms. The molecule has 0 N–H and O–H groups in total. The molecular formula is C121H96N6. The number of unbranched alkanes of at least 4 members (excludes halogenated alkanes) is 3. The van der Waals surface area contributed by atoms with E-state index in [1.807, 2.05) is 18.6 Å². The molecule has 24 rings (SSSR count). The maximum Gasteiger partial charge on any atom is 0.0760 e. The Hall–Kier alpha value is -14.6. The fraction of sp³-hybridized carbons (Fsp3) is 0.149. The standard InChI is InChI=1S/C121H96N6/c1-5-9-13-33-90-74-119(100-37-14-19-42-108(100)125(90)87-56-47-78(48-57-87)27-10-6-2)105-71-84(91-34-24-30-81-65-68-122-75-97(81)91)53-62-94(105)113-116(119)114-95-63-54-85(92-35-25-31-82-66-69-123-76-98(82)92)72-106(95)120(101-38-15-20-43-109(101)126(110-44-21-16-39-102(110)120)88-58-49-79(50-59-88)28-11-7-3)118(114)115-96-64-55-86(93-36-26-32-83-67-70-124-77-99(83)93)73-107(96)121(117(113)115)103-40-17-22-45-111(103)127(112-46-23-18-41-104(112)121)89-60-51-80(52-61-89)29-12-8-4/h9,13-26,30-73,75-77H,5-8,10-12,27-29,74H2,1-4H3/b13-9-,90-33+/t119-/m1/s1. The van der Waals surface area contributed by atoms with Gasteiger partial charge in [-0.2, -0.15) is 0 Å². The van der Waals surface area contributed by atoms with Crippen LogP contribution in [0.5, 0.6) is 0 Å². The molecule has 15 aromatic carbocycles. The molecule has 6 heterocycles. The second kappa shape index (κ2) is 30.4. The molecule has 0 saturated carbocycles. The van der Waals surface area contributed by atoms with E-state index in [0.29, 0.717) is 6.42 Å². The van der Waals surface area contributed by atoms with Gasteiger partial charge in [-0.3, -0.25) is 15.0 Å². The Bertz CT molecular complexity index is 7290. The minimum atomic E-state index is -1.06. The van der Waals surface area contributed by atoms with Crippen molar-refractivity contribution in [3.63, 3.8) is 0 Å². The SMILES string of the molecule is CC/C=C\C=C1/C[C@]2(c3cc(-c4cccc5ccncc45)ccc3-c3c4c(c5c(c32)-c2ccc(-c3cccc6ccncc36)cc2C52c3ccccc3N(c3ccc(CCCC)cc3)c3ccccc32)-c2ccc(-c3cccc5ccncc35)cc2C42c3ccccc3N(c3ccc(CCCC)cc3)c3ccccc32)c2ccccc2N1c1ccc(CCCC)cc1. The fourth-order valence-corrected chi connectivity index (χ4v) is 23.6. The lowest BCUT2D eigenvalue weighted by Gasteiger charge is -2.48. The first kappa shape index (κ1) is 76.1. The molecule has 1 atom stereocenters. The van der Waals surface area contributed by atoms with Gasteiger partial charge in [0.25, 0.3) is 0 Å². The first-order valence-electron chi connectivity index (χ1n) is 46.1. The lowest BCUT2D eigenvalue weighted by Crippen LogP contribution is -2.40. The highest BCUT2D eigenvalue weighted by molar-refractivity contribution is 6.14. The topological polar surface area (TPSA) is 48.4 Å². The van der Waals surface area contributed by atoms with Gasteiger partial charge in [0.05, 0.1) is 44.7 Å². The third kappa shape index (κ3) is 11.2. The first-order chi connectivity index (χ1) is 62.8.